The number of hydrogen-bond donors (Lipinski definition) is 1. The van der Waals surface area contributed by atoms with Crippen LogP contribution in [-0.4, -0.2) is 26.6 Å². The Labute approximate surface area is 81.9 Å². The molecular weight excluding hydrogens is 208 g/mol. The van der Waals surface area contributed by atoms with Crippen molar-refractivity contribution in [1.82, 2.24) is 4.98 Å². The predicted molar refractivity (Wildman–Crippen MR) is 48.8 cm³/mol. The SMILES string of the molecule is NS(=O)(=O)OCCOc1cccnc1. The second kappa shape index (κ2) is 4.89. The number of aromatic nitrogens is 1. The molecule has 0 aromatic carbocycles. The Hall–Kier alpha value is -1.18. The average Bonchev–Trinajstić information content (AvgIpc) is 2.13. The molecule has 0 aliphatic carbocycles. The highest BCUT2D eigenvalue weighted by atomic mass is 32.2. The summed E-state index contributed by atoms with van der Waals surface area (Å²) in [5.41, 5.74) is 0. The maximum absolute atomic E-state index is 10.3. The Morgan fingerprint density at radius 1 is 1.43 bits per heavy atom. The van der Waals surface area contributed by atoms with E-state index >= 15 is 0 Å². The monoisotopic (exact) mass is 218 g/mol. The molecule has 0 bridgehead atoms. The third-order valence-corrected chi connectivity index (χ3v) is 1.73. The van der Waals surface area contributed by atoms with Gasteiger partial charge in [0.2, 0.25) is 0 Å². The number of nitrogens with two attached hydrogens (primary N) is 1. The molecule has 78 valence electrons. The maximum Gasteiger partial charge on any atom is 0.333 e. The third kappa shape index (κ3) is 4.75. The molecule has 1 aromatic heterocycles. The number of rotatable bonds is 5. The van der Waals surface area contributed by atoms with Crippen LogP contribution < -0.4 is 9.88 Å². The van der Waals surface area contributed by atoms with Crippen molar-refractivity contribution in [1.29, 1.82) is 0 Å². The lowest BCUT2D eigenvalue weighted by molar-refractivity contribution is 0.221. The van der Waals surface area contributed by atoms with Gasteiger partial charge in [0.1, 0.15) is 19.0 Å². The van der Waals surface area contributed by atoms with Gasteiger partial charge in [-0.1, -0.05) is 0 Å². The summed E-state index contributed by atoms with van der Waals surface area (Å²) in [6.07, 6.45) is 3.12. The first-order chi connectivity index (χ1) is 6.58. The van der Waals surface area contributed by atoms with E-state index in [9.17, 15) is 8.42 Å². The van der Waals surface area contributed by atoms with Crippen molar-refractivity contribution in [2.24, 2.45) is 5.14 Å². The highest BCUT2D eigenvalue weighted by molar-refractivity contribution is 7.84. The standard InChI is InChI=1S/C7H10N2O4S/c8-14(10,11)13-5-4-12-7-2-1-3-9-6-7/h1-3,6H,4-5H2,(H2,8,10,11). The first-order valence-corrected chi connectivity index (χ1v) is 5.25. The summed E-state index contributed by atoms with van der Waals surface area (Å²) in [6, 6.07) is 3.40. The van der Waals surface area contributed by atoms with Crippen molar-refractivity contribution in [2.45, 2.75) is 0 Å². The number of pyridine rings is 1. The molecule has 1 aromatic rings. The van der Waals surface area contributed by atoms with Gasteiger partial charge in [-0.25, -0.2) is 5.14 Å². The summed E-state index contributed by atoms with van der Waals surface area (Å²) < 4.78 is 30.0. The lowest BCUT2D eigenvalue weighted by atomic mass is 10.5. The minimum absolute atomic E-state index is 0.0993. The van der Waals surface area contributed by atoms with E-state index in [0.717, 1.165) is 0 Å². The van der Waals surface area contributed by atoms with Gasteiger partial charge in [0.05, 0.1) is 6.20 Å². The lowest BCUT2D eigenvalue weighted by Gasteiger charge is -2.04. The fraction of sp³-hybridized carbons (Fsp3) is 0.286. The molecule has 1 heterocycles. The molecule has 0 saturated carbocycles. The number of hydrogen-bond acceptors (Lipinski definition) is 5. The van der Waals surface area contributed by atoms with E-state index < -0.39 is 10.3 Å². The van der Waals surface area contributed by atoms with E-state index in [4.69, 9.17) is 4.74 Å². The van der Waals surface area contributed by atoms with Gasteiger partial charge in [-0.05, 0) is 12.1 Å². The fourth-order valence-corrected chi connectivity index (χ4v) is 1.04. The van der Waals surface area contributed by atoms with Gasteiger partial charge in [-0.15, -0.1) is 0 Å². The van der Waals surface area contributed by atoms with Crippen LogP contribution in [0.3, 0.4) is 0 Å². The molecule has 0 aliphatic rings. The number of ether oxygens (including phenoxy) is 1. The van der Waals surface area contributed by atoms with Crippen LogP contribution in [0, 0.1) is 0 Å². The molecule has 7 heteroatoms. The van der Waals surface area contributed by atoms with Crippen molar-refractivity contribution in [3.63, 3.8) is 0 Å². The van der Waals surface area contributed by atoms with Crippen LogP contribution in [0.1, 0.15) is 0 Å². The van der Waals surface area contributed by atoms with Gasteiger partial charge < -0.3 is 4.74 Å². The summed E-state index contributed by atoms with van der Waals surface area (Å²) in [5, 5.41) is 4.60. The smallest absolute Gasteiger partial charge is 0.333 e. The van der Waals surface area contributed by atoms with Crippen LogP contribution in [0.15, 0.2) is 24.5 Å². The predicted octanol–water partition coefficient (Wildman–Crippen LogP) is -0.320. The second-order valence-corrected chi connectivity index (χ2v) is 3.57. The molecule has 0 radical (unpaired) electrons. The van der Waals surface area contributed by atoms with Crippen molar-refractivity contribution in [3.05, 3.63) is 24.5 Å². The largest absolute Gasteiger partial charge is 0.490 e. The van der Waals surface area contributed by atoms with Crippen LogP contribution in [0.5, 0.6) is 5.75 Å². The van der Waals surface area contributed by atoms with Crippen molar-refractivity contribution >= 4 is 10.3 Å². The summed E-state index contributed by atoms with van der Waals surface area (Å²) in [5.74, 6) is 0.547. The average molecular weight is 218 g/mol. The quantitative estimate of drug-likeness (QED) is 0.684. The van der Waals surface area contributed by atoms with E-state index in [2.05, 4.69) is 14.3 Å². The molecule has 14 heavy (non-hydrogen) atoms. The highest BCUT2D eigenvalue weighted by Gasteiger charge is 2.01. The molecule has 0 atom stereocenters. The van der Waals surface area contributed by atoms with E-state index in [0.29, 0.717) is 5.75 Å². The van der Waals surface area contributed by atoms with Crippen LogP contribution >= 0.6 is 0 Å². The highest BCUT2D eigenvalue weighted by Crippen LogP contribution is 2.05. The zero-order chi connectivity index (χ0) is 10.4. The Morgan fingerprint density at radius 3 is 2.79 bits per heavy atom. The van der Waals surface area contributed by atoms with Gasteiger partial charge in [0.25, 0.3) is 0 Å². The minimum atomic E-state index is -3.87. The fourth-order valence-electron chi connectivity index (χ4n) is 0.742. The maximum atomic E-state index is 10.3. The molecule has 6 nitrogen and oxygen atoms in total. The van der Waals surface area contributed by atoms with Crippen LogP contribution in [0.2, 0.25) is 0 Å². The Morgan fingerprint density at radius 2 is 2.21 bits per heavy atom. The molecule has 2 N–H and O–H groups in total. The van der Waals surface area contributed by atoms with E-state index in [-0.39, 0.29) is 13.2 Å². The second-order valence-electron chi connectivity index (χ2n) is 2.35. The van der Waals surface area contributed by atoms with Crippen molar-refractivity contribution in [2.75, 3.05) is 13.2 Å². The van der Waals surface area contributed by atoms with Gasteiger partial charge in [-0.3, -0.25) is 9.17 Å². The van der Waals surface area contributed by atoms with E-state index in [1.165, 1.54) is 6.20 Å². The third-order valence-electron chi connectivity index (χ3n) is 1.23. The molecule has 0 saturated heterocycles. The summed E-state index contributed by atoms with van der Waals surface area (Å²) >= 11 is 0. The summed E-state index contributed by atoms with van der Waals surface area (Å²) in [6.45, 7) is -0.0180. The van der Waals surface area contributed by atoms with Crippen LogP contribution in [-0.2, 0) is 14.5 Å². The molecule has 0 unspecified atom stereocenters. The Kier molecular flexibility index (Phi) is 3.81. The zero-order valence-electron chi connectivity index (χ0n) is 7.29. The Balaban J connectivity index is 2.23. The van der Waals surface area contributed by atoms with Crippen molar-refractivity contribution < 1.29 is 17.3 Å². The Bertz CT molecular complexity index is 365. The molecule has 1 rings (SSSR count). The topological polar surface area (TPSA) is 91.5 Å². The lowest BCUT2D eigenvalue weighted by Crippen LogP contribution is -2.19. The number of nitrogens with zero attached hydrogens (tertiary/aromatic N) is 1. The summed E-state index contributed by atoms with van der Waals surface area (Å²) in [4.78, 5) is 3.80. The molecular formula is C7H10N2O4S. The molecule has 0 amide bonds. The van der Waals surface area contributed by atoms with E-state index in [1.54, 1.807) is 18.3 Å². The van der Waals surface area contributed by atoms with E-state index in [1.807, 2.05) is 0 Å². The van der Waals surface area contributed by atoms with Gasteiger partial charge in [-0.2, -0.15) is 8.42 Å². The van der Waals surface area contributed by atoms with Gasteiger partial charge >= 0.3 is 10.3 Å². The minimum Gasteiger partial charge on any atom is -0.490 e. The van der Waals surface area contributed by atoms with Gasteiger partial charge in [0, 0.05) is 6.20 Å². The molecule has 0 spiro atoms. The van der Waals surface area contributed by atoms with Crippen LogP contribution in [0.25, 0.3) is 0 Å². The first-order valence-electron chi connectivity index (χ1n) is 3.78. The summed E-state index contributed by atoms with van der Waals surface area (Å²) in [7, 11) is -3.87. The van der Waals surface area contributed by atoms with Crippen LogP contribution in [0.4, 0.5) is 0 Å². The first kappa shape index (κ1) is 10.9. The normalized spacial score (nSPS) is 11.2. The molecule has 0 fully saturated rings. The zero-order valence-corrected chi connectivity index (χ0v) is 8.11. The van der Waals surface area contributed by atoms with Crippen molar-refractivity contribution in [3.8, 4) is 5.75 Å². The van der Waals surface area contributed by atoms with Gasteiger partial charge in [0.15, 0.2) is 0 Å². The molecule has 0 aliphatic heterocycles.